The fourth-order valence-corrected chi connectivity index (χ4v) is 8.26. The van der Waals surface area contributed by atoms with E-state index in [2.05, 4.69) is 122 Å². The van der Waals surface area contributed by atoms with Crippen LogP contribution in [0.5, 0.6) is 0 Å². The van der Waals surface area contributed by atoms with Crippen molar-refractivity contribution >= 4 is 17.2 Å². The van der Waals surface area contributed by atoms with Gasteiger partial charge in [-0.15, -0.1) is 0 Å². The fraction of sp³-hybridized carbons (Fsp3) is 0.395. The molecule has 1 unspecified atom stereocenters. The maximum Gasteiger partial charge on any atom is 0.000174 e. The van der Waals surface area contributed by atoms with Crippen molar-refractivity contribution in [1.29, 1.82) is 0 Å². The molecule has 0 heterocycles. The lowest BCUT2D eigenvalue weighted by atomic mass is 9.64. The van der Waals surface area contributed by atoms with Crippen LogP contribution in [0.3, 0.4) is 0 Å². The highest BCUT2D eigenvalue weighted by Crippen LogP contribution is 2.52. The number of fused-ring (bicyclic) bond motifs is 2. The number of hydrogen-bond donors (Lipinski definition) is 0. The monoisotopic (exact) mass is 566 g/mol. The Morgan fingerprint density at radius 1 is 0.953 bits per heavy atom. The Balaban J connectivity index is 1.32. The molecule has 1 saturated carbocycles. The maximum absolute atomic E-state index is 4.52. The Morgan fingerprint density at radius 2 is 1.63 bits per heavy atom. The van der Waals surface area contributed by atoms with E-state index in [0.717, 1.165) is 12.8 Å². The van der Waals surface area contributed by atoms with E-state index in [-0.39, 0.29) is 5.41 Å². The van der Waals surface area contributed by atoms with Gasteiger partial charge in [-0.25, -0.2) is 0 Å². The van der Waals surface area contributed by atoms with Gasteiger partial charge in [-0.3, -0.25) is 0 Å². The van der Waals surface area contributed by atoms with Gasteiger partial charge in [0.1, 0.15) is 0 Å². The van der Waals surface area contributed by atoms with Crippen LogP contribution in [0.4, 0.5) is 0 Å². The average Bonchev–Trinajstić information content (AvgIpc) is 3.54. The van der Waals surface area contributed by atoms with Crippen molar-refractivity contribution in [3.63, 3.8) is 0 Å². The van der Waals surface area contributed by atoms with Crippen molar-refractivity contribution in [3.8, 4) is 11.1 Å². The van der Waals surface area contributed by atoms with Gasteiger partial charge in [0.15, 0.2) is 0 Å². The first-order valence-electron chi connectivity index (χ1n) is 16.6. The van der Waals surface area contributed by atoms with Crippen molar-refractivity contribution in [1.82, 2.24) is 0 Å². The van der Waals surface area contributed by atoms with Crippen molar-refractivity contribution in [2.45, 2.75) is 92.9 Å². The second kappa shape index (κ2) is 11.3. The number of hydrogen-bond acceptors (Lipinski definition) is 0. The molecule has 0 radical (unpaired) electrons. The second-order valence-corrected chi connectivity index (χ2v) is 14.7. The minimum atomic E-state index is 0.289. The molecule has 0 saturated heterocycles. The van der Waals surface area contributed by atoms with Gasteiger partial charge in [-0.2, -0.15) is 0 Å². The van der Waals surface area contributed by atoms with Gasteiger partial charge in [0.05, 0.1) is 0 Å². The highest BCUT2D eigenvalue weighted by atomic mass is 14.4. The van der Waals surface area contributed by atoms with E-state index in [0.29, 0.717) is 17.8 Å². The van der Waals surface area contributed by atoms with Crippen molar-refractivity contribution in [2.75, 3.05) is 0 Å². The van der Waals surface area contributed by atoms with E-state index < -0.39 is 0 Å². The predicted octanol–water partition coefficient (Wildman–Crippen LogP) is 12.1. The summed E-state index contributed by atoms with van der Waals surface area (Å²) in [6, 6.07) is 18.9. The lowest BCUT2D eigenvalue weighted by molar-refractivity contribution is 0.224. The Bertz CT molecular complexity index is 1660. The van der Waals surface area contributed by atoms with Crippen molar-refractivity contribution in [3.05, 3.63) is 123 Å². The lowest BCUT2D eigenvalue weighted by Crippen LogP contribution is -2.28. The summed E-state index contributed by atoms with van der Waals surface area (Å²) in [6.45, 7) is 24.9. The summed E-state index contributed by atoms with van der Waals surface area (Å²) in [5.41, 5.74) is 20.1. The average molecular weight is 567 g/mol. The van der Waals surface area contributed by atoms with E-state index in [1.54, 1.807) is 5.57 Å². The highest BCUT2D eigenvalue weighted by Gasteiger charge is 2.37. The van der Waals surface area contributed by atoms with E-state index in [1.165, 1.54) is 98.0 Å². The molecule has 0 spiro atoms. The van der Waals surface area contributed by atoms with E-state index >= 15 is 0 Å². The van der Waals surface area contributed by atoms with Gasteiger partial charge < -0.3 is 0 Å². The first-order chi connectivity index (χ1) is 20.4. The minimum Gasteiger partial charge on any atom is -0.0998 e. The first-order valence-corrected chi connectivity index (χ1v) is 16.6. The van der Waals surface area contributed by atoms with Gasteiger partial charge in [-0.05, 0) is 144 Å². The lowest BCUT2D eigenvalue weighted by Gasteiger charge is -2.41. The summed E-state index contributed by atoms with van der Waals surface area (Å²) in [6.07, 6.45) is 12.0. The van der Waals surface area contributed by atoms with Gasteiger partial charge in [0, 0.05) is 5.92 Å². The quantitative estimate of drug-likeness (QED) is 0.250. The summed E-state index contributed by atoms with van der Waals surface area (Å²) in [7, 11) is 0. The molecule has 3 aliphatic rings. The molecular weight excluding hydrogens is 516 g/mol. The van der Waals surface area contributed by atoms with Crippen LogP contribution in [0.1, 0.15) is 111 Å². The number of aryl methyl sites for hydroxylation is 2. The Labute approximate surface area is 261 Å². The second-order valence-electron chi connectivity index (χ2n) is 14.7. The fourth-order valence-electron chi connectivity index (χ4n) is 8.26. The summed E-state index contributed by atoms with van der Waals surface area (Å²) >= 11 is 0. The van der Waals surface area contributed by atoms with Crippen molar-refractivity contribution in [2.24, 2.45) is 17.3 Å². The molecular formula is C43H50. The Morgan fingerprint density at radius 3 is 2.28 bits per heavy atom. The van der Waals surface area contributed by atoms with Crippen molar-refractivity contribution < 1.29 is 0 Å². The van der Waals surface area contributed by atoms with E-state index in [9.17, 15) is 0 Å². The van der Waals surface area contributed by atoms with E-state index in [1.807, 2.05) is 0 Å². The van der Waals surface area contributed by atoms with Crippen LogP contribution in [0.25, 0.3) is 28.3 Å². The molecule has 0 amide bonds. The Kier molecular flexibility index (Phi) is 7.78. The SMILES string of the molecule is C=C(C)Cc1c(C)cc2c(c1-c1ccc(C)cc1)CC(c1ccc3c(c1)C(C1CCC(C)(C(=C)C(C)C)CC1)=CC3C)=C2. The van der Waals surface area contributed by atoms with Gasteiger partial charge in [0.25, 0.3) is 0 Å². The van der Waals surface area contributed by atoms with Crippen LogP contribution in [0.2, 0.25) is 0 Å². The normalized spacial score (nSPS) is 22.7. The molecule has 3 aromatic rings. The highest BCUT2D eigenvalue weighted by molar-refractivity contribution is 5.94. The molecule has 0 bridgehead atoms. The van der Waals surface area contributed by atoms with Gasteiger partial charge >= 0.3 is 0 Å². The molecule has 0 N–H and O–H groups in total. The third kappa shape index (κ3) is 5.43. The third-order valence-corrected chi connectivity index (χ3v) is 11.0. The molecule has 1 fully saturated rings. The zero-order valence-electron chi connectivity index (χ0n) is 27.7. The zero-order valence-corrected chi connectivity index (χ0v) is 27.7. The van der Waals surface area contributed by atoms with E-state index in [4.69, 9.17) is 0 Å². The predicted molar refractivity (Wildman–Crippen MR) is 188 cm³/mol. The molecule has 222 valence electrons. The molecule has 6 rings (SSSR count). The number of benzene rings is 3. The van der Waals surface area contributed by atoms with Crippen LogP contribution in [0.15, 0.2) is 78.9 Å². The molecule has 0 heteroatoms. The maximum atomic E-state index is 4.52. The number of rotatable bonds is 7. The summed E-state index contributed by atoms with van der Waals surface area (Å²) < 4.78 is 0. The molecule has 3 aliphatic carbocycles. The molecule has 0 aliphatic heterocycles. The molecule has 43 heavy (non-hydrogen) atoms. The zero-order chi connectivity index (χ0) is 30.6. The molecule has 0 aromatic heterocycles. The number of allylic oxidation sites excluding steroid dienone is 5. The standard InChI is InChI=1S/C43H50/c1-26(2)20-38-29(6)21-36-23-35(25-40(36)42(38)33-12-10-28(5)11-13-33)34-14-15-37-30(7)22-39(41(37)24-34)32-16-18-43(9,19-17-32)31(8)27(3)4/h10-15,21-24,27,30,32H,1,8,16-20,25H2,2-7,9H3. The molecule has 3 aromatic carbocycles. The smallest absolute Gasteiger partial charge is 0.000174 e. The summed E-state index contributed by atoms with van der Waals surface area (Å²) in [4.78, 5) is 0. The van der Waals surface area contributed by atoms with Crippen LogP contribution < -0.4 is 0 Å². The molecule has 1 atom stereocenters. The third-order valence-electron chi connectivity index (χ3n) is 11.0. The molecule has 0 nitrogen and oxygen atoms in total. The summed E-state index contributed by atoms with van der Waals surface area (Å²) in [5, 5.41) is 0. The summed E-state index contributed by atoms with van der Waals surface area (Å²) in [5.74, 6) is 1.71. The van der Waals surface area contributed by atoms with Crippen LogP contribution >= 0.6 is 0 Å². The van der Waals surface area contributed by atoms with Crippen LogP contribution in [-0.4, -0.2) is 0 Å². The van der Waals surface area contributed by atoms with Crippen LogP contribution in [0, 0.1) is 31.1 Å². The van der Waals surface area contributed by atoms with Gasteiger partial charge in [-0.1, -0.05) is 112 Å². The minimum absolute atomic E-state index is 0.289. The Hall–Kier alpha value is -3.38. The first kappa shape index (κ1) is 29.7. The van der Waals surface area contributed by atoms with Crippen LogP contribution in [-0.2, 0) is 12.8 Å². The largest absolute Gasteiger partial charge is 0.0998 e. The van der Waals surface area contributed by atoms with Gasteiger partial charge in [0.2, 0.25) is 0 Å². The topological polar surface area (TPSA) is 0 Å².